The molecule has 0 atom stereocenters. The van der Waals surface area contributed by atoms with Gasteiger partial charge in [-0.15, -0.1) is 0 Å². The number of hydrogen-bond acceptors (Lipinski definition) is 0. The van der Waals surface area contributed by atoms with Gasteiger partial charge in [-0.25, -0.2) is 12.1 Å². The number of rotatable bonds is 6. The van der Waals surface area contributed by atoms with Crippen LogP contribution in [0.1, 0.15) is 102 Å². The van der Waals surface area contributed by atoms with Crippen molar-refractivity contribution in [2.75, 3.05) is 0 Å². The monoisotopic (exact) mass is 542 g/mol. The van der Waals surface area contributed by atoms with E-state index >= 15 is 0 Å². The van der Waals surface area contributed by atoms with Gasteiger partial charge < -0.3 is 24.8 Å². The zero-order chi connectivity index (χ0) is 21.9. The van der Waals surface area contributed by atoms with E-state index in [1.807, 2.05) is 0 Å². The molecule has 0 amide bonds. The fourth-order valence-corrected chi connectivity index (χ4v) is 5.07. The average molecular weight is 545 g/mol. The maximum Gasteiger partial charge on any atom is 4.00 e. The van der Waals surface area contributed by atoms with Crippen molar-refractivity contribution in [1.29, 1.82) is 0 Å². The zero-order valence-corrected chi connectivity index (χ0v) is 26.1. The van der Waals surface area contributed by atoms with Gasteiger partial charge in [0.25, 0.3) is 0 Å². The molecule has 0 saturated heterocycles. The van der Waals surface area contributed by atoms with Gasteiger partial charge in [-0.2, -0.15) is 45.5 Å². The van der Waals surface area contributed by atoms with Crippen LogP contribution in [0.5, 0.6) is 0 Å². The summed E-state index contributed by atoms with van der Waals surface area (Å²) < 4.78 is 0. The molecule has 0 unspecified atom stereocenters. The summed E-state index contributed by atoms with van der Waals surface area (Å²) in [6.07, 6.45) is 2.52. The summed E-state index contributed by atoms with van der Waals surface area (Å²) in [6.45, 7) is 27.5. The minimum Gasteiger partial charge on any atom is -1.00 e. The van der Waals surface area contributed by atoms with Crippen LogP contribution in [0.15, 0.2) is 24.3 Å². The number of hydrogen-bond donors (Lipinski definition) is 0. The van der Waals surface area contributed by atoms with Crippen LogP contribution in [0, 0.1) is 39.5 Å². The molecule has 0 heterocycles. The van der Waals surface area contributed by atoms with Gasteiger partial charge in [0.2, 0.25) is 0 Å². The molecule has 176 valence electrons. The molecular formula is C28H46Cl2Zr. The Hall–Kier alpha value is 0.163. The third-order valence-corrected chi connectivity index (χ3v) is 6.29. The Morgan fingerprint density at radius 1 is 0.677 bits per heavy atom. The third-order valence-electron chi connectivity index (χ3n) is 6.29. The van der Waals surface area contributed by atoms with Gasteiger partial charge in [0.15, 0.2) is 0 Å². The van der Waals surface area contributed by atoms with Crippen LogP contribution in [-0.4, -0.2) is 0 Å². The molecule has 0 saturated carbocycles. The second-order valence-electron chi connectivity index (χ2n) is 11.1. The molecule has 31 heavy (non-hydrogen) atoms. The van der Waals surface area contributed by atoms with Crippen LogP contribution in [0.4, 0.5) is 0 Å². The maximum absolute atomic E-state index is 2.36. The summed E-state index contributed by atoms with van der Waals surface area (Å²) in [6, 6.07) is 9.08. The third kappa shape index (κ3) is 10.3. The molecule has 0 fully saturated rings. The summed E-state index contributed by atoms with van der Waals surface area (Å²) >= 11 is 0. The van der Waals surface area contributed by atoms with E-state index < -0.39 is 0 Å². The van der Waals surface area contributed by atoms with E-state index in [1.165, 1.54) is 46.2 Å². The van der Waals surface area contributed by atoms with Crippen LogP contribution < -0.4 is 24.8 Å². The van der Waals surface area contributed by atoms with Gasteiger partial charge >= 0.3 is 26.2 Å². The molecule has 0 nitrogen and oxygen atoms in total. The second-order valence-corrected chi connectivity index (χ2v) is 11.1. The van der Waals surface area contributed by atoms with E-state index in [-0.39, 0.29) is 51.0 Å². The summed E-state index contributed by atoms with van der Waals surface area (Å²) in [7, 11) is 0. The molecular weight excluding hydrogens is 498 g/mol. The van der Waals surface area contributed by atoms with Crippen molar-refractivity contribution in [3.8, 4) is 0 Å². The Kier molecular flexibility index (Phi) is 16.6. The summed E-state index contributed by atoms with van der Waals surface area (Å²) in [5.74, 6) is 1.53. The maximum atomic E-state index is 2.36. The van der Waals surface area contributed by atoms with Crippen molar-refractivity contribution in [3.05, 3.63) is 57.6 Å². The van der Waals surface area contributed by atoms with Gasteiger partial charge in [0.05, 0.1) is 0 Å². The molecule has 3 heteroatoms. The van der Waals surface area contributed by atoms with E-state index in [4.69, 9.17) is 0 Å². The van der Waals surface area contributed by atoms with Gasteiger partial charge in [-0.1, -0.05) is 107 Å². The van der Waals surface area contributed by atoms with E-state index in [1.54, 1.807) is 0 Å². The fourth-order valence-electron chi connectivity index (χ4n) is 5.07. The first-order chi connectivity index (χ1) is 12.7. The van der Waals surface area contributed by atoms with Crippen molar-refractivity contribution >= 4 is 0 Å². The molecule has 2 aromatic rings. The molecule has 0 radical (unpaired) electrons. The molecule has 2 rings (SSSR count). The van der Waals surface area contributed by atoms with Crippen LogP contribution in [0.2, 0.25) is 0 Å². The van der Waals surface area contributed by atoms with Crippen molar-refractivity contribution in [2.24, 2.45) is 11.8 Å². The molecule has 0 spiro atoms. The summed E-state index contributed by atoms with van der Waals surface area (Å²) in [5.41, 5.74) is 9.53. The smallest absolute Gasteiger partial charge is 1.00 e. The van der Waals surface area contributed by atoms with Crippen molar-refractivity contribution in [3.63, 3.8) is 0 Å². The fraction of sp³-hybridized carbons (Fsp3) is 0.643. The Balaban J connectivity index is -0.000000461. The Bertz CT molecular complexity index is 681. The molecule has 0 aliphatic heterocycles. The normalized spacial score (nSPS) is 11.3. The van der Waals surface area contributed by atoms with Crippen molar-refractivity contribution in [2.45, 2.75) is 107 Å². The van der Waals surface area contributed by atoms with E-state index in [2.05, 4.69) is 107 Å². The predicted octanol–water partition coefficient (Wildman–Crippen LogP) is 2.70. The van der Waals surface area contributed by atoms with E-state index in [9.17, 15) is 0 Å². The number of aryl methyl sites for hydroxylation is 2. The summed E-state index contributed by atoms with van der Waals surface area (Å²) in [4.78, 5) is 0. The minimum atomic E-state index is 0. The standard InChI is InChI=1S/2C14H23.2ClH.Zr/c2*1-10(2)9-14(5,6)13-8-7-11(3)12(13)4;;;/h2*7-8,10H,9H2,1-6H3;2*1H;/q2*-1;;;+4/p-2. The predicted molar refractivity (Wildman–Crippen MR) is 128 cm³/mol. The molecule has 0 aliphatic rings. The van der Waals surface area contributed by atoms with Gasteiger partial charge in [-0.05, 0) is 11.8 Å². The van der Waals surface area contributed by atoms with E-state index in [0.717, 1.165) is 11.8 Å². The van der Waals surface area contributed by atoms with Crippen LogP contribution in [-0.2, 0) is 37.0 Å². The Labute approximate surface area is 226 Å². The van der Waals surface area contributed by atoms with Gasteiger partial charge in [0, 0.05) is 0 Å². The molecule has 0 aromatic heterocycles. The van der Waals surface area contributed by atoms with Crippen molar-refractivity contribution < 1.29 is 51.0 Å². The van der Waals surface area contributed by atoms with Crippen molar-refractivity contribution in [1.82, 2.24) is 0 Å². The van der Waals surface area contributed by atoms with Crippen LogP contribution in [0.3, 0.4) is 0 Å². The molecule has 0 aliphatic carbocycles. The quantitative estimate of drug-likeness (QED) is 0.491. The SMILES string of the molecule is Cc1c(C(C)(C)CC(C)C)cc[c-]1C.Cc1c(C(C)(C)CC(C)C)cc[c-]1C.[Cl-].[Cl-].[Zr+4]. The number of halogens is 2. The Morgan fingerprint density at radius 2 is 0.935 bits per heavy atom. The Morgan fingerprint density at radius 3 is 1.10 bits per heavy atom. The first-order valence-corrected chi connectivity index (χ1v) is 11.2. The van der Waals surface area contributed by atoms with Crippen LogP contribution >= 0.6 is 0 Å². The molecule has 2 aromatic carbocycles. The van der Waals surface area contributed by atoms with Gasteiger partial charge in [0.1, 0.15) is 0 Å². The first-order valence-electron chi connectivity index (χ1n) is 11.2. The zero-order valence-electron chi connectivity index (χ0n) is 22.1. The van der Waals surface area contributed by atoms with Gasteiger partial charge in [-0.3, -0.25) is 0 Å². The van der Waals surface area contributed by atoms with E-state index in [0.29, 0.717) is 10.8 Å². The average Bonchev–Trinajstić information content (AvgIpc) is 3.02. The largest absolute Gasteiger partial charge is 4.00 e. The minimum absolute atomic E-state index is 0. The second kappa shape index (κ2) is 14.4. The molecule has 0 N–H and O–H groups in total. The first kappa shape index (κ1) is 35.7. The van der Waals surface area contributed by atoms with Crippen LogP contribution in [0.25, 0.3) is 0 Å². The summed E-state index contributed by atoms with van der Waals surface area (Å²) in [5, 5.41) is 0. The molecule has 0 bridgehead atoms. The topological polar surface area (TPSA) is 0 Å².